The normalized spacial score (nSPS) is 10.8. The summed E-state index contributed by atoms with van der Waals surface area (Å²) in [7, 11) is 0. The van der Waals surface area contributed by atoms with Gasteiger partial charge in [-0.25, -0.2) is 0 Å². The van der Waals surface area contributed by atoms with Crippen molar-refractivity contribution in [1.82, 2.24) is 4.98 Å². The second-order valence-corrected chi connectivity index (χ2v) is 5.77. The Morgan fingerprint density at radius 3 is 2.18 bits per heavy atom. The lowest BCUT2D eigenvalue weighted by atomic mass is 10.2. The second kappa shape index (κ2) is 7.80. The van der Waals surface area contributed by atoms with Gasteiger partial charge in [-0.15, -0.1) is 0 Å². The Kier molecular flexibility index (Phi) is 5.27. The van der Waals surface area contributed by atoms with Crippen LogP contribution in [0.3, 0.4) is 0 Å². The van der Waals surface area contributed by atoms with Crippen molar-refractivity contribution in [2.24, 2.45) is 0 Å². The van der Waals surface area contributed by atoms with E-state index in [9.17, 15) is 18.0 Å². The summed E-state index contributed by atoms with van der Waals surface area (Å²) in [6, 6.07) is 16.1. The summed E-state index contributed by atoms with van der Waals surface area (Å²) in [5, 5.41) is 14.4. The number of nitrogens with one attached hydrogen (secondary N) is 2. The number of nitrogens with zero attached hydrogens (tertiary/aromatic N) is 2. The van der Waals surface area contributed by atoms with Crippen LogP contribution in [0.25, 0.3) is 0 Å². The van der Waals surface area contributed by atoms with E-state index in [4.69, 9.17) is 5.26 Å². The second-order valence-electron chi connectivity index (χ2n) is 5.77. The molecule has 140 valence electrons. The van der Waals surface area contributed by atoms with Crippen molar-refractivity contribution in [2.75, 3.05) is 10.6 Å². The molecule has 28 heavy (non-hydrogen) atoms. The van der Waals surface area contributed by atoms with Crippen LogP contribution < -0.4 is 10.6 Å². The van der Waals surface area contributed by atoms with Gasteiger partial charge in [0.2, 0.25) is 0 Å². The number of halogens is 3. The van der Waals surface area contributed by atoms with E-state index in [1.54, 1.807) is 30.3 Å². The van der Waals surface area contributed by atoms with Gasteiger partial charge in [-0.3, -0.25) is 9.78 Å². The number of rotatable bonds is 4. The molecule has 0 aliphatic heterocycles. The lowest BCUT2D eigenvalue weighted by molar-refractivity contribution is -0.137. The smallest absolute Gasteiger partial charge is 0.355 e. The highest BCUT2D eigenvalue weighted by atomic mass is 19.4. The molecule has 0 unspecified atom stereocenters. The first-order chi connectivity index (χ1) is 13.3. The molecular formula is C20H13F3N4O. The molecule has 1 aromatic heterocycles. The van der Waals surface area contributed by atoms with E-state index < -0.39 is 17.6 Å². The van der Waals surface area contributed by atoms with E-state index >= 15 is 0 Å². The fraction of sp³-hybridized carbons (Fsp3) is 0.0500. The van der Waals surface area contributed by atoms with Crippen LogP contribution in [0, 0.1) is 11.3 Å². The first-order valence-electron chi connectivity index (χ1n) is 8.07. The molecule has 3 aromatic rings. The van der Waals surface area contributed by atoms with E-state index in [0.29, 0.717) is 11.3 Å². The van der Waals surface area contributed by atoms with Crippen LogP contribution >= 0.6 is 0 Å². The molecule has 0 aliphatic carbocycles. The molecule has 0 spiro atoms. The minimum atomic E-state index is -4.43. The predicted octanol–water partition coefficient (Wildman–Crippen LogP) is 4.97. The number of carbonyl (C=O) groups is 1. The molecular weight excluding hydrogens is 369 g/mol. The van der Waals surface area contributed by atoms with Crippen LogP contribution in [0.15, 0.2) is 66.9 Å². The third kappa shape index (κ3) is 4.65. The molecule has 2 N–H and O–H groups in total. The van der Waals surface area contributed by atoms with Gasteiger partial charge < -0.3 is 10.6 Å². The number of benzene rings is 2. The van der Waals surface area contributed by atoms with Crippen LogP contribution in [-0.4, -0.2) is 10.9 Å². The van der Waals surface area contributed by atoms with Crippen LogP contribution in [0.1, 0.15) is 21.6 Å². The van der Waals surface area contributed by atoms with E-state index in [2.05, 4.69) is 15.6 Å². The van der Waals surface area contributed by atoms with Crippen LogP contribution in [0.4, 0.5) is 30.2 Å². The van der Waals surface area contributed by atoms with Crippen molar-refractivity contribution in [3.8, 4) is 6.07 Å². The van der Waals surface area contributed by atoms with Crippen LogP contribution in [-0.2, 0) is 6.18 Å². The van der Waals surface area contributed by atoms with Crippen molar-refractivity contribution >= 4 is 23.0 Å². The van der Waals surface area contributed by atoms with Gasteiger partial charge in [-0.1, -0.05) is 0 Å². The minimum absolute atomic E-state index is 0.0959. The zero-order valence-electron chi connectivity index (χ0n) is 14.3. The van der Waals surface area contributed by atoms with E-state index in [1.165, 1.54) is 24.4 Å². The quantitative estimate of drug-likeness (QED) is 0.668. The third-order valence-electron chi connectivity index (χ3n) is 3.77. The average molecular weight is 382 g/mol. The summed E-state index contributed by atoms with van der Waals surface area (Å²) >= 11 is 0. The molecule has 0 saturated heterocycles. The fourth-order valence-electron chi connectivity index (χ4n) is 2.36. The van der Waals surface area contributed by atoms with Crippen molar-refractivity contribution in [3.05, 3.63) is 83.7 Å². The Morgan fingerprint density at radius 1 is 0.929 bits per heavy atom. The summed E-state index contributed by atoms with van der Waals surface area (Å²) in [6.07, 6.45) is -3.00. The highest BCUT2D eigenvalue weighted by molar-refractivity contribution is 6.03. The maximum atomic E-state index is 12.6. The molecule has 2 aromatic carbocycles. The van der Waals surface area contributed by atoms with Gasteiger partial charge >= 0.3 is 6.18 Å². The highest BCUT2D eigenvalue weighted by Gasteiger charge is 2.30. The number of amides is 1. The summed E-state index contributed by atoms with van der Waals surface area (Å²) in [5.74, 6) is -0.553. The van der Waals surface area contributed by atoms with Crippen LogP contribution in [0.5, 0.6) is 0 Å². The van der Waals surface area contributed by atoms with Gasteiger partial charge in [0.1, 0.15) is 5.69 Å². The van der Waals surface area contributed by atoms with Crippen molar-refractivity contribution in [3.63, 3.8) is 0 Å². The molecule has 5 nitrogen and oxygen atoms in total. The topological polar surface area (TPSA) is 77.8 Å². The van der Waals surface area contributed by atoms with Crippen molar-refractivity contribution < 1.29 is 18.0 Å². The molecule has 8 heteroatoms. The van der Waals surface area contributed by atoms with E-state index in [-0.39, 0.29) is 11.4 Å². The first kappa shape index (κ1) is 18.9. The van der Waals surface area contributed by atoms with E-state index in [1.807, 2.05) is 6.07 Å². The van der Waals surface area contributed by atoms with Gasteiger partial charge in [0.15, 0.2) is 0 Å². The Bertz CT molecular complexity index is 1020. The number of pyridine rings is 1. The lowest BCUT2D eigenvalue weighted by Crippen LogP contribution is -2.14. The number of hydrogen-bond donors (Lipinski definition) is 2. The maximum Gasteiger partial charge on any atom is 0.416 e. The van der Waals surface area contributed by atoms with Gasteiger partial charge in [0.05, 0.1) is 17.2 Å². The predicted molar refractivity (Wildman–Crippen MR) is 98.1 cm³/mol. The lowest BCUT2D eigenvalue weighted by Gasteiger charge is -2.10. The zero-order valence-corrected chi connectivity index (χ0v) is 14.3. The van der Waals surface area contributed by atoms with Gasteiger partial charge in [-0.05, 0) is 60.7 Å². The number of alkyl halides is 3. The molecule has 0 radical (unpaired) electrons. The molecule has 1 heterocycles. The van der Waals surface area contributed by atoms with Crippen molar-refractivity contribution in [1.29, 1.82) is 5.26 Å². The van der Waals surface area contributed by atoms with E-state index in [0.717, 1.165) is 17.8 Å². The number of anilines is 3. The summed E-state index contributed by atoms with van der Waals surface area (Å²) < 4.78 is 37.8. The monoisotopic (exact) mass is 382 g/mol. The van der Waals surface area contributed by atoms with Gasteiger partial charge in [-0.2, -0.15) is 18.4 Å². The zero-order chi connectivity index (χ0) is 20.1. The molecule has 1 amide bonds. The first-order valence-corrected chi connectivity index (χ1v) is 8.07. The Balaban J connectivity index is 1.70. The molecule has 3 rings (SSSR count). The largest absolute Gasteiger partial charge is 0.416 e. The number of hydrogen-bond acceptors (Lipinski definition) is 4. The van der Waals surface area contributed by atoms with Gasteiger partial charge in [0, 0.05) is 23.3 Å². The summed E-state index contributed by atoms with van der Waals surface area (Å²) in [5.41, 5.74) is 1.37. The number of nitriles is 1. The molecule has 0 fully saturated rings. The Hall–Kier alpha value is -3.86. The molecule has 0 aliphatic rings. The van der Waals surface area contributed by atoms with Crippen molar-refractivity contribution in [2.45, 2.75) is 6.18 Å². The number of aromatic nitrogens is 1. The van der Waals surface area contributed by atoms with Gasteiger partial charge in [0.25, 0.3) is 5.91 Å². The minimum Gasteiger partial charge on any atom is -0.355 e. The van der Waals surface area contributed by atoms with Crippen LogP contribution in [0.2, 0.25) is 0 Å². The average Bonchev–Trinajstić information content (AvgIpc) is 2.68. The molecule has 0 bridgehead atoms. The Labute approximate surface area is 158 Å². The highest BCUT2D eigenvalue weighted by Crippen LogP contribution is 2.29. The molecule has 0 atom stereocenters. The SMILES string of the molecule is N#Cc1ccc(Nc2ccnc(C(=O)Nc3ccc(C(F)(F)F)cc3)c2)cc1. The summed E-state index contributed by atoms with van der Waals surface area (Å²) in [4.78, 5) is 16.3. The number of carbonyl (C=O) groups excluding carboxylic acids is 1. The molecule has 0 saturated carbocycles. The maximum absolute atomic E-state index is 12.6. The third-order valence-corrected chi connectivity index (χ3v) is 3.77. The fourth-order valence-corrected chi connectivity index (χ4v) is 2.36. The summed E-state index contributed by atoms with van der Waals surface area (Å²) in [6.45, 7) is 0. The Morgan fingerprint density at radius 2 is 1.57 bits per heavy atom. The standard InChI is InChI=1S/C20H13F3N4O/c21-20(22,23)14-3-7-16(8-4-14)27-19(28)18-11-17(9-10-25-18)26-15-5-1-13(12-24)2-6-15/h1-11H,(H,25,26)(H,27,28).